The van der Waals surface area contributed by atoms with Crippen LogP contribution in [-0.4, -0.2) is 50.8 Å². The third kappa shape index (κ3) is 3.74. The van der Waals surface area contributed by atoms with E-state index in [-0.39, 0.29) is 18.6 Å². The van der Waals surface area contributed by atoms with Gasteiger partial charge in [0.2, 0.25) is 18.6 Å². The molecule has 160 valence electrons. The predicted octanol–water partition coefficient (Wildman–Crippen LogP) is 2.31. The number of benzene rings is 1. The quantitative estimate of drug-likeness (QED) is 0.753. The standard InChI is InChI=1S/C22H28N4O4/c1-14-18(15(2)24(4)23-14)12-25(22(28)19-6-5-9-26(19)16(3)27)11-17-7-8-20-21(10-17)30-13-29-20/h7-8,10,19H,5-6,9,11-13H2,1-4H3. The molecule has 1 unspecified atom stereocenters. The summed E-state index contributed by atoms with van der Waals surface area (Å²) in [4.78, 5) is 29.2. The molecular weight excluding hydrogens is 384 g/mol. The molecule has 0 aliphatic carbocycles. The third-order valence-electron chi connectivity index (χ3n) is 6.07. The number of ether oxygens (including phenoxy) is 2. The summed E-state index contributed by atoms with van der Waals surface area (Å²) < 4.78 is 12.7. The summed E-state index contributed by atoms with van der Waals surface area (Å²) >= 11 is 0. The highest BCUT2D eigenvalue weighted by atomic mass is 16.7. The van der Waals surface area contributed by atoms with Crippen LogP contribution in [0, 0.1) is 13.8 Å². The number of carbonyl (C=O) groups is 2. The van der Waals surface area contributed by atoms with Crippen molar-refractivity contribution >= 4 is 11.8 Å². The molecule has 0 radical (unpaired) electrons. The molecule has 2 aliphatic heterocycles. The SMILES string of the molecule is CC(=O)N1CCCC1C(=O)N(Cc1ccc2c(c1)OCO2)Cc1c(C)nn(C)c1C. The summed E-state index contributed by atoms with van der Waals surface area (Å²) in [6.07, 6.45) is 1.54. The Morgan fingerprint density at radius 3 is 2.67 bits per heavy atom. The fourth-order valence-corrected chi connectivity index (χ4v) is 4.32. The first-order valence-electron chi connectivity index (χ1n) is 10.3. The normalized spacial score (nSPS) is 17.5. The van der Waals surface area contributed by atoms with Crippen molar-refractivity contribution in [3.8, 4) is 11.5 Å². The van der Waals surface area contributed by atoms with Gasteiger partial charge in [0.1, 0.15) is 6.04 Å². The molecule has 2 aliphatic rings. The Morgan fingerprint density at radius 2 is 1.97 bits per heavy atom. The van der Waals surface area contributed by atoms with Crippen molar-refractivity contribution in [3.63, 3.8) is 0 Å². The van der Waals surface area contributed by atoms with Crippen molar-refractivity contribution in [2.45, 2.75) is 52.7 Å². The average Bonchev–Trinajstić information content (AvgIpc) is 3.42. The highest BCUT2D eigenvalue weighted by Crippen LogP contribution is 2.33. The van der Waals surface area contributed by atoms with E-state index >= 15 is 0 Å². The van der Waals surface area contributed by atoms with Gasteiger partial charge in [0, 0.05) is 44.9 Å². The molecule has 8 heteroatoms. The molecule has 1 aromatic carbocycles. The first-order valence-corrected chi connectivity index (χ1v) is 10.3. The second kappa shape index (κ2) is 8.01. The summed E-state index contributed by atoms with van der Waals surface area (Å²) in [5, 5.41) is 4.50. The number of nitrogens with zero attached hydrogens (tertiary/aromatic N) is 4. The number of likely N-dealkylation sites (tertiary alicyclic amines) is 1. The zero-order valence-electron chi connectivity index (χ0n) is 18.0. The molecule has 1 fully saturated rings. The van der Waals surface area contributed by atoms with Crippen LogP contribution in [0.2, 0.25) is 0 Å². The van der Waals surface area contributed by atoms with Crippen LogP contribution >= 0.6 is 0 Å². The van der Waals surface area contributed by atoms with Gasteiger partial charge >= 0.3 is 0 Å². The monoisotopic (exact) mass is 412 g/mol. The first kappa shape index (κ1) is 20.3. The van der Waals surface area contributed by atoms with Gasteiger partial charge in [-0.05, 0) is 44.4 Å². The number of aromatic nitrogens is 2. The Balaban J connectivity index is 1.63. The van der Waals surface area contributed by atoms with Gasteiger partial charge in [0.05, 0.1) is 5.69 Å². The maximum absolute atomic E-state index is 13.6. The lowest BCUT2D eigenvalue weighted by molar-refractivity contribution is -0.143. The molecule has 2 amide bonds. The molecule has 1 atom stereocenters. The minimum atomic E-state index is -0.409. The van der Waals surface area contributed by atoms with E-state index in [0.29, 0.717) is 37.6 Å². The molecule has 8 nitrogen and oxygen atoms in total. The zero-order chi connectivity index (χ0) is 21.4. The Labute approximate surface area is 176 Å². The van der Waals surface area contributed by atoms with Gasteiger partial charge in [-0.2, -0.15) is 5.10 Å². The van der Waals surface area contributed by atoms with Crippen molar-refractivity contribution in [2.75, 3.05) is 13.3 Å². The average molecular weight is 412 g/mol. The van der Waals surface area contributed by atoms with Crippen LogP contribution in [-0.2, 0) is 29.7 Å². The van der Waals surface area contributed by atoms with E-state index in [1.54, 1.807) is 4.90 Å². The highest BCUT2D eigenvalue weighted by Gasteiger charge is 2.35. The number of carbonyl (C=O) groups excluding carboxylic acids is 2. The van der Waals surface area contributed by atoms with Gasteiger partial charge in [-0.1, -0.05) is 6.07 Å². The largest absolute Gasteiger partial charge is 0.454 e. The number of amides is 2. The number of hydrogen-bond donors (Lipinski definition) is 0. The topological polar surface area (TPSA) is 76.9 Å². The van der Waals surface area contributed by atoms with Crippen LogP contribution in [0.25, 0.3) is 0 Å². The summed E-state index contributed by atoms with van der Waals surface area (Å²) in [5.41, 5.74) is 3.94. The third-order valence-corrected chi connectivity index (χ3v) is 6.07. The Kier molecular flexibility index (Phi) is 5.40. The van der Waals surface area contributed by atoms with Gasteiger partial charge in [-0.3, -0.25) is 14.3 Å². The number of rotatable bonds is 5. The summed E-state index contributed by atoms with van der Waals surface area (Å²) in [5.74, 6) is 1.33. The minimum Gasteiger partial charge on any atom is -0.454 e. The maximum Gasteiger partial charge on any atom is 0.245 e. The van der Waals surface area contributed by atoms with Crippen molar-refractivity contribution in [3.05, 3.63) is 40.7 Å². The smallest absolute Gasteiger partial charge is 0.245 e. The second-order valence-electron chi connectivity index (χ2n) is 8.03. The van der Waals surface area contributed by atoms with Gasteiger partial charge in [0.15, 0.2) is 11.5 Å². The first-order chi connectivity index (χ1) is 14.3. The maximum atomic E-state index is 13.6. The molecule has 30 heavy (non-hydrogen) atoms. The molecule has 1 aromatic heterocycles. The number of hydrogen-bond acceptors (Lipinski definition) is 5. The minimum absolute atomic E-state index is 0.0250. The molecular formula is C22H28N4O4. The summed E-state index contributed by atoms with van der Waals surface area (Å²) in [6, 6.07) is 5.34. The zero-order valence-corrected chi connectivity index (χ0v) is 18.0. The molecule has 2 aromatic rings. The van der Waals surface area contributed by atoms with Crippen LogP contribution in [0.3, 0.4) is 0 Å². The lowest BCUT2D eigenvalue weighted by atomic mass is 10.1. The van der Waals surface area contributed by atoms with Crippen LogP contribution in [0.5, 0.6) is 11.5 Å². The molecule has 0 saturated carbocycles. The molecule has 1 saturated heterocycles. The Bertz CT molecular complexity index is 984. The fraction of sp³-hybridized carbons (Fsp3) is 0.500. The lowest BCUT2D eigenvalue weighted by Crippen LogP contribution is -2.46. The van der Waals surface area contributed by atoms with E-state index in [2.05, 4.69) is 5.10 Å². The lowest BCUT2D eigenvalue weighted by Gasteiger charge is -2.30. The van der Waals surface area contributed by atoms with Crippen molar-refractivity contribution in [2.24, 2.45) is 7.05 Å². The molecule has 3 heterocycles. The van der Waals surface area contributed by atoms with E-state index in [9.17, 15) is 9.59 Å². The predicted molar refractivity (Wildman–Crippen MR) is 110 cm³/mol. The summed E-state index contributed by atoms with van der Waals surface area (Å²) in [7, 11) is 1.91. The molecule has 0 bridgehead atoms. The van der Waals surface area contributed by atoms with Crippen LogP contribution in [0.4, 0.5) is 0 Å². The van der Waals surface area contributed by atoms with E-state index in [1.165, 1.54) is 6.92 Å². The second-order valence-corrected chi connectivity index (χ2v) is 8.03. The van der Waals surface area contributed by atoms with Gasteiger partial charge in [-0.25, -0.2) is 0 Å². The Morgan fingerprint density at radius 1 is 1.20 bits per heavy atom. The number of aryl methyl sites for hydroxylation is 2. The van der Waals surface area contributed by atoms with Crippen LogP contribution < -0.4 is 9.47 Å². The highest BCUT2D eigenvalue weighted by molar-refractivity contribution is 5.87. The van der Waals surface area contributed by atoms with Crippen molar-refractivity contribution in [1.82, 2.24) is 19.6 Å². The van der Waals surface area contributed by atoms with Gasteiger partial charge in [-0.15, -0.1) is 0 Å². The van der Waals surface area contributed by atoms with E-state index in [1.807, 2.05) is 48.7 Å². The van der Waals surface area contributed by atoms with Gasteiger partial charge < -0.3 is 19.3 Å². The number of fused-ring (bicyclic) bond motifs is 1. The van der Waals surface area contributed by atoms with Crippen molar-refractivity contribution < 1.29 is 19.1 Å². The molecule has 0 spiro atoms. The van der Waals surface area contributed by atoms with E-state index in [4.69, 9.17) is 9.47 Å². The molecule has 4 rings (SSSR count). The fourth-order valence-electron chi connectivity index (χ4n) is 4.32. The van der Waals surface area contributed by atoms with Crippen molar-refractivity contribution in [1.29, 1.82) is 0 Å². The van der Waals surface area contributed by atoms with Crippen LogP contribution in [0.1, 0.15) is 42.3 Å². The Hall–Kier alpha value is -3.03. The van der Waals surface area contributed by atoms with Gasteiger partial charge in [0.25, 0.3) is 0 Å². The molecule has 0 N–H and O–H groups in total. The van der Waals surface area contributed by atoms with E-state index < -0.39 is 6.04 Å². The van der Waals surface area contributed by atoms with E-state index in [0.717, 1.165) is 28.9 Å². The summed E-state index contributed by atoms with van der Waals surface area (Å²) in [6.45, 7) is 7.22. The van der Waals surface area contributed by atoms with Crippen LogP contribution in [0.15, 0.2) is 18.2 Å².